The van der Waals surface area contributed by atoms with Gasteiger partial charge in [-0.15, -0.1) is 0 Å². The Morgan fingerprint density at radius 3 is 2.61 bits per heavy atom. The predicted molar refractivity (Wildman–Crippen MR) is 67.8 cm³/mol. The van der Waals surface area contributed by atoms with Crippen LogP contribution in [0, 0.1) is 5.92 Å². The van der Waals surface area contributed by atoms with Gasteiger partial charge in [0.05, 0.1) is 6.04 Å². The Bertz CT molecular complexity index is 507. The molecule has 0 radical (unpaired) electrons. The van der Waals surface area contributed by atoms with E-state index >= 15 is 0 Å². The summed E-state index contributed by atoms with van der Waals surface area (Å²) >= 11 is 0. The first-order chi connectivity index (χ1) is 8.73. The molecule has 1 aromatic heterocycles. The summed E-state index contributed by atoms with van der Waals surface area (Å²) in [5, 5.41) is 15.3. The lowest BCUT2D eigenvalue weighted by Crippen LogP contribution is -2.37. The van der Waals surface area contributed by atoms with Gasteiger partial charge in [-0.25, -0.2) is 9.67 Å². The Labute approximate surface area is 106 Å². The monoisotopic (exact) mass is 243 g/mol. The van der Waals surface area contributed by atoms with Gasteiger partial charge in [-0.1, -0.05) is 30.3 Å². The molecule has 1 saturated carbocycles. The maximum atomic E-state index is 11.2. The van der Waals surface area contributed by atoms with Gasteiger partial charge in [-0.2, -0.15) is 5.10 Å². The van der Waals surface area contributed by atoms with Crippen molar-refractivity contribution in [2.75, 3.05) is 0 Å². The van der Waals surface area contributed by atoms with E-state index in [0.29, 0.717) is 5.92 Å². The molecule has 0 aliphatic heterocycles. The van der Waals surface area contributed by atoms with Crippen LogP contribution < -0.4 is 0 Å². The fourth-order valence-electron chi connectivity index (χ4n) is 2.67. The van der Waals surface area contributed by atoms with E-state index in [-0.39, 0.29) is 6.04 Å². The van der Waals surface area contributed by atoms with Crippen LogP contribution in [0.1, 0.15) is 31.4 Å². The molecule has 1 aromatic carbocycles. The highest BCUT2D eigenvalue weighted by molar-refractivity contribution is 5.26. The minimum atomic E-state index is -0.852. The van der Waals surface area contributed by atoms with E-state index in [4.69, 9.17) is 0 Å². The van der Waals surface area contributed by atoms with Gasteiger partial charge in [-0.05, 0) is 31.2 Å². The maximum absolute atomic E-state index is 11.2. The molecule has 18 heavy (non-hydrogen) atoms. The third-order valence-corrected chi connectivity index (χ3v) is 3.91. The molecule has 3 rings (SSSR count). The van der Waals surface area contributed by atoms with E-state index in [1.165, 1.54) is 6.33 Å². The quantitative estimate of drug-likeness (QED) is 0.895. The van der Waals surface area contributed by atoms with Crippen LogP contribution in [0.5, 0.6) is 0 Å². The van der Waals surface area contributed by atoms with Gasteiger partial charge >= 0.3 is 0 Å². The van der Waals surface area contributed by atoms with E-state index in [9.17, 15) is 5.11 Å². The molecule has 4 heteroatoms. The van der Waals surface area contributed by atoms with Gasteiger partial charge in [-0.3, -0.25) is 0 Å². The first kappa shape index (κ1) is 11.4. The van der Waals surface area contributed by atoms with Crippen LogP contribution in [-0.2, 0) is 5.60 Å². The molecule has 2 atom stereocenters. The molecule has 1 aliphatic carbocycles. The van der Waals surface area contributed by atoms with Crippen molar-refractivity contribution in [2.24, 2.45) is 5.92 Å². The first-order valence-electron chi connectivity index (χ1n) is 6.35. The fraction of sp³-hybridized carbons (Fsp3) is 0.429. The fourth-order valence-corrected chi connectivity index (χ4v) is 2.67. The zero-order valence-electron chi connectivity index (χ0n) is 10.4. The number of rotatable bonds is 4. The Kier molecular flexibility index (Phi) is 2.67. The predicted octanol–water partition coefficient (Wildman–Crippen LogP) is 2.14. The Hall–Kier alpha value is -1.68. The third-order valence-electron chi connectivity index (χ3n) is 3.91. The molecular formula is C14H17N3O. The Balaban J connectivity index is 2.02. The number of aromatic nitrogens is 3. The van der Waals surface area contributed by atoms with Crippen LogP contribution in [-0.4, -0.2) is 19.9 Å². The molecule has 0 spiro atoms. The number of hydrogen-bond donors (Lipinski definition) is 1. The lowest BCUT2D eigenvalue weighted by molar-refractivity contribution is -0.0369. The van der Waals surface area contributed by atoms with Crippen LogP contribution in [0.25, 0.3) is 0 Å². The highest BCUT2D eigenvalue weighted by atomic mass is 16.3. The van der Waals surface area contributed by atoms with Crippen molar-refractivity contribution in [3.8, 4) is 0 Å². The van der Waals surface area contributed by atoms with E-state index < -0.39 is 5.60 Å². The molecule has 2 unspecified atom stereocenters. The van der Waals surface area contributed by atoms with Crippen molar-refractivity contribution >= 4 is 0 Å². The van der Waals surface area contributed by atoms with Crippen molar-refractivity contribution in [2.45, 2.75) is 31.4 Å². The second-order valence-electron chi connectivity index (χ2n) is 5.02. The van der Waals surface area contributed by atoms with Crippen LogP contribution in [0.2, 0.25) is 0 Å². The lowest BCUT2D eigenvalue weighted by Gasteiger charge is -2.34. The number of benzene rings is 1. The average molecular weight is 243 g/mol. The molecule has 0 bridgehead atoms. The lowest BCUT2D eigenvalue weighted by atomic mass is 9.83. The SMILES string of the molecule is CC(n1cncn1)C(O)(c1ccccc1)C1CC1. The molecule has 4 nitrogen and oxygen atoms in total. The van der Waals surface area contributed by atoms with Crippen LogP contribution in [0.15, 0.2) is 43.0 Å². The molecule has 94 valence electrons. The van der Waals surface area contributed by atoms with E-state index in [1.54, 1.807) is 11.0 Å². The summed E-state index contributed by atoms with van der Waals surface area (Å²) in [5.41, 5.74) is 0.116. The highest BCUT2D eigenvalue weighted by Gasteiger charge is 2.49. The summed E-state index contributed by atoms with van der Waals surface area (Å²) in [6.45, 7) is 2.00. The first-order valence-corrected chi connectivity index (χ1v) is 6.35. The van der Waals surface area contributed by atoms with Gasteiger partial charge < -0.3 is 5.11 Å². The van der Waals surface area contributed by atoms with Crippen molar-refractivity contribution in [3.05, 3.63) is 48.5 Å². The second kappa shape index (κ2) is 4.21. The molecule has 1 N–H and O–H groups in total. The third kappa shape index (κ3) is 1.73. The van der Waals surface area contributed by atoms with E-state index in [1.807, 2.05) is 37.3 Å². The van der Waals surface area contributed by atoms with Crippen molar-refractivity contribution in [1.82, 2.24) is 14.8 Å². The molecule has 0 saturated heterocycles. The molecule has 1 aliphatic rings. The molecule has 1 fully saturated rings. The normalized spacial score (nSPS) is 20.3. The Morgan fingerprint density at radius 2 is 2.06 bits per heavy atom. The van der Waals surface area contributed by atoms with Crippen LogP contribution in [0.3, 0.4) is 0 Å². The molecular weight excluding hydrogens is 226 g/mol. The van der Waals surface area contributed by atoms with Crippen molar-refractivity contribution in [3.63, 3.8) is 0 Å². The average Bonchev–Trinajstić information content (AvgIpc) is 3.14. The highest BCUT2D eigenvalue weighted by Crippen LogP contribution is 2.51. The van der Waals surface area contributed by atoms with Crippen molar-refractivity contribution < 1.29 is 5.11 Å². The Morgan fingerprint density at radius 1 is 1.33 bits per heavy atom. The van der Waals surface area contributed by atoms with Crippen LogP contribution >= 0.6 is 0 Å². The second-order valence-corrected chi connectivity index (χ2v) is 5.02. The standard InChI is InChI=1S/C14H17N3O/c1-11(17-10-15-9-16-17)14(18,13-7-8-13)12-5-3-2-4-6-12/h2-6,9-11,13,18H,7-8H2,1H3. The van der Waals surface area contributed by atoms with E-state index in [2.05, 4.69) is 10.1 Å². The smallest absolute Gasteiger partial charge is 0.137 e. The van der Waals surface area contributed by atoms with Gasteiger partial charge in [0.15, 0.2) is 0 Å². The molecule has 0 amide bonds. The van der Waals surface area contributed by atoms with Gasteiger partial charge in [0.1, 0.15) is 18.3 Å². The minimum absolute atomic E-state index is 0.116. The van der Waals surface area contributed by atoms with Gasteiger partial charge in [0, 0.05) is 0 Å². The molecule has 1 heterocycles. The van der Waals surface area contributed by atoms with E-state index in [0.717, 1.165) is 18.4 Å². The van der Waals surface area contributed by atoms with Gasteiger partial charge in [0.25, 0.3) is 0 Å². The number of hydrogen-bond acceptors (Lipinski definition) is 3. The summed E-state index contributed by atoms with van der Waals surface area (Å²) in [4.78, 5) is 3.97. The van der Waals surface area contributed by atoms with Crippen LogP contribution in [0.4, 0.5) is 0 Å². The summed E-state index contributed by atoms with van der Waals surface area (Å²) < 4.78 is 1.74. The minimum Gasteiger partial charge on any atom is -0.383 e. The number of aliphatic hydroxyl groups is 1. The summed E-state index contributed by atoms with van der Waals surface area (Å²) in [7, 11) is 0. The zero-order valence-corrected chi connectivity index (χ0v) is 10.4. The van der Waals surface area contributed by atoms with Gasteiger partial charge in [0.2, 0.25) is 0 Å². The topological polar surface area (TPSA) is 50.9 Å². The summed E-state index contributed by atoms with van der Waals surface area (Å²) in [5.74, 6) is 0.319. The van der Waals surface area contributed by atoms with Crippen molar-refractivity contribution in [1.29, 1.82) is 0 Å². The summed E-state index contributed by atoms with van der Waals surface area (Å²) in [6.07, 6.45) is 5.32. The largest absolute Gasteiger partial charge is 0.383 e. The summed E-state index contributed by atoms with van der Waals surface area (Å²) in [6, 6.07) is 9.77. The molecule has 2 aromatic rings. The zero-order chi connectivity index (χ0) is 12.6. The number of nitrogens with zero attached hydrogens (tertiary/aromatic N) is 3. The maximum Gasteiger partial charge on any atom is 0.137 e.